The van der Waals surface area contributed by atoms with E-state index in [1.165, 1.54) is 18.3 Å². The Morgan fingerprint density at radius 2 is 1.78 bits per heavy atom. The second-order valence-corrected chi connectivity index (χ2v) is 7.28. The highest BCUT2D eigenvalue weighted by Crippen LogP contribution is 2.25. The molecule has 0 atom stereocenters. The van der Waals surface area contributed by atoms with Gasteiger partial charge in [-0.25, -0.2) is 4.98 Å². The Kier molecular flexibility index (Phi) is 6.21. The van der Waals surface area contributed by atoms with Crippen molar-refractivity contribution in [3.8, 4) is 10.6 Å². The lowest BCUT2D eigenvalue weighted by Crippen LogP contribution is -2.24. The number of benzene rings is 2. The van der Waals surface area contributed by atoms with E-state index in [0.717, 1.165) is 27.5 Å². The average molecular weight is 400 g/mol. The van der Waals surface area contributed by atoms with Crippen LogP contribution in [-0.4, -0.2) is 16.8 Å². The number of amides is 2. The predicted octanol–water partition coefficient (Wildman–Crippen LogP) is 4.28. The SMILES string of the molecule is CC(=O)Nc1ccc(-c2nc(CC(=O)NCc3ccc(Cl)cc3)cs2)cc1. The molecule has 1 aromatic heterocycles. The standard InChI is InChI=1S/C20H18ClN3O2S/c1-13(25)23-17-8-4-15(5-9-17)20-24-18(12-27-20)10-19(26)22-11-14-2-6-16(21)7-3-14/h2-9,12H,10-11H2,1H3,(H,22,26)(H,23,25). The van der Waals surface area contributed by atoms with E-state index in [1.807, 2.05) is 41.8 Å². The number of hydrogen-bond donors (Lipinski definition) is 2. The van der Waals surface area contributed by atoms with Crippen molar-refractivity contribution in [2.24, 2.45) is 0 Å². The van der Waals surface area contributed by atoms with Crippen molar-refractivity contribution >= 4 is 40.4 Å². The molecule has 0 aliphatic heterocycles. The van der Waals surface area contributed by atoms with E-state index in [4.69, 9.17) is 11.6 Å². The summed E-state index contributed by atoms with van der Waals surface area (Å²) < 4.78 is 0. The zero-order valence-electron chi connectivity index (χ0n) is 14.7. The Hall–Kier alpha value is -2.70. The quantitative estimate of drug-likeness (QED) is 0.649. The second-order valence-electron chi connectivity index (χ2n) is 5.98. The Labute approximate surface area is 166 Å². The fourth-order valence-corrected chi connectivity index (χ4v) is 3.40. The van der Waals surface area contributed by atoms with Crippen molar-refractivity contribution in [2.75, 3.05) is 5.32 Å². The van der Waals surface area contributed by atoms with Crippen LogP contribution in [0.15, 0.2) is 53.9 Å². The van der Waals surface area contributed by atoms with Gasteiger partial charge in [-0.05, 0) is 42.0 Å². The molecule has 5 nitrogen and oxygen atoms in total. The smallest absolute Gasteiger partial charge is 0.226 e. The van der Waals surface area contributed by atoms with E-state index in [9.17, 15) is 9.59 Å². The molecule has 2 amide bonds. The molecular weight excluding hydrogens is 382 g/mol. The predicted molar refractivity (Wildman–Crippen MR) is 109 cm³/mol. The van der Waals surface area contributed by atoms with E-state index >= 15 is 0 Å². The molecule has 3 rings (SSSR count). The zero-order valence-corrected chi connectivity index (χ0v) is 16.2. The summed E-state index contributed by atoms with van der Waals surface area (Å²) >= 11 is 7.34. The van der Waals surface area contributed by atoms with E-state index in [0.29, 0.717) is 11.6 Å². The number of hydrogen-bond acceptors (Lipinski definition) is 4. The molecule has 0 radical (unpaired) electrons. The second kappa shape index (κ2) is 8.79. The van der Waals surface area contributed by atoms with Crippen LogP contribution in [0, 0.1) is 0 Å². The van der Waals surface area contributed by atoms with Gasteiger partial charge < -0.3 is 10.6 Å². The van der Waals surface area contributed by atoms with Gasteiger partial charge in [0.05, 0.1) is 12.1 Å². The van der Waals surface area contributed by atoms with Crippen LogP contribution in [0.5, 0.6) is 0 Å². The lowest BCUT2D eigenvalue weighted by atomic mass is 10.2. The zero-order chi connectivity index (χ0) is 19.2. The van der Waals surface area contributed by atoms with Crippen molar-refractivity contribution in [1.82, 2.24) is 10.3 Å². The van der Waals surface area contributed by atoms with Crippen LogP contribution in [0.3, 0.4) is 0 Å². The van der Waals surface area contributed by atoms with Gasteiger partial charge in [-0.1, -0.05) is 23.7 Å². The molecule has 0 aliphatic rings. The lowest BCUT2D eigenvalue weighted by molar-refractivity contribution is -0.120. The van der Waals surface area contributed by atoms with Crippen molar-refractivity contribution in [2.45, 2.75) is 19.9 Å². The molecule has 27 heavy (non-hydrogen) atoms. The van der Waals surface area contributed by atoms with Gasteiger partial charge in [0.25, 0.3) is 0 Å². The molecule has 1 heterocycles. The van der Waals surface area contributed by atoms with Gasteiger partial charge >= 0.3 is 0 Å². The van der Waals surface area contributed by atoms with Gasteiger partial charge in [-0.3, -0.25) is 9.59 Å². The van der Waals surface area contributed by atoms with Crippen LogP contribution < -0.4 is 10.6 Å². The highest BCUT2D eigenvalue weighted by atomic mass is 35.5. The Balaban J connectivity index is 1.56. The molecule has 2 N–H and O–H groups in total. The number of nitrogens with one attached hydrogen (secondary N) is 2. The first-order valence-electron chi connectivity index (χ1n) is 8.33. The van der Waals surface area contributed by atoms with Crippen LogP contribution in [0.2, 0.25) is 5.02 Å². The number of rotatable bonds is 6. The van der Waals surface area contributed by atoms with E-state index < -0.39 is 0 Å². The summed E-state index contributed by atoms with van der Waals surface area (Å²) in [4.78, 5) is 27.7. The van der Waals surface area contributed by atoms with Gasteiger partial charge in [-0.2, -0.15) is 0 Å². The maximum Gasteiger partial charge on any atom is 0.226 e. The highest BCUT2D eigenvalue weighted by molar-refractivity contribution is 7.13. The van der Waals surface area contributed by atoms with Crippen molar-refractivity contribution in [3.63, 3.8) is 0 Å². The molecule has 0 spiro atoms. The molecule has 0 unspecified atom stereocenters. The van der Waals surface area contributed by atoms with Gasteiger partial charge in [0.1, 0.15) is 5.01 Å². The van der Waals surface area contributed by atoms with Crippen molar-refractivity contribution in [1.29, 1.82) is 0 Å². The number of anilines is 1. The topological polar surface area (TPSA) is 71.1 Å². The number of carbonyl (C=O) groups is 2. The minimum atomic E-state index is -0.108. The lowest BCUT2D eigenvalue weighted by Gasteiger charge is -2.04. The summed E-state index contributed by atoms with van der Waals surface area (Å²) in [6, 6.07) is 14.8. The molecule has 0 bridgehead atoms. The third-order valence-corrected chi connectivity index (χ3v) is 4.94. The molecule has 0 saturated carbocycles. The molecule has 0 aliphatic carbocycles. The summed E-state index contributed by atoms with van der Waals surface area (Å²) in [6.45, 7) is 1.93. The summed E-state index contributed by atoms with van der Waals surface area (Å²) in [7, 11) is 0. The van der Waals surface area contributed by atoms with Gasteiger partial charge in [0, 0.05) is 35.1 Å². The molecule has 2 aromatic carbocycles. The van der Waals surface area contributed by atoms with E-state index in [1.54, 1.807) is 12.1 Å². The maximum absolute atomic E-state index is 12.1. The first-order chi connectivity index (χ1) is 13.0. The average Bonchev–Trinajstić information content (AvgIpc) is 3.10. The third-order valence-electron chi connectivity index (χ3n) is 3.75. The summed E-state index contributed by atoms with van der Waals surface area (Å²) in [5.41, 5.74) is 3.41. The Morgan fingerprint density at radius 3 is 2.44 bits per heavy atom. The Morgan fingerprint density at radius 1 is 1.07 bits per heavy atom. The van der Waals surface area contributed by atoms with Crippen LogP contribution >= 0.6 is 22.9 Å². The largest absolute Gasteiger partial charge is 0.352 e. The molecular formula is C20H18ClN3O2S. The van der Waals surface area contributed by atoms with Crippen LogP contribution in [0.1, 0.15) is 18.2 Å². The molecule has 138 valence electrons. The Bertz CT molecular complexity index is 937. The molecule has 7 heteroatoms. The first-order valence-corrected chi connectivity index (χ1v) is 9.59. The summed E-state index contributed by atoms with van der Waals surface area (Å²) in [5, 5.41) is 9.01. The molecule has 3 aromatic rings. The first kappa shape index (κ1) is 19.1. The van der Waals surface area contributed by atoms with E-state index in [2.05, 4.69) is 15.6 Å². The fraction of sp³-hybridized carbons (Fsp3) is 0.150. The van der Waals surface area contributed by atoms with Gasteiger partial charge in [-0.15, -0.1) is 11.3 Å². The minimum absolute atomic E-state index is 0.0807. The summed E-state index contributed by atoms with van der Waals surface area (Å²) in [6.07, 6.45) is 0.230. The van der Waals surface area contributed by atoms with Crippen LogP contribution in [-0.2, 0) is 22.6 Å². The van der Waals surface area contributed by atoms with Gasteiger partial charge in [0.15, 0.2) is 0 Å². The van der Waals surface area contributed by atoms with Crippen molar-refractivity contribution in [3.05, 3.63) is 70.2 Å². The van der Waals surface area contributed by atoms with Gasteiger partial charge in [0.2, 0.25) is 11.8 Å². The monoisotopic (exact) mass is 399 g/mol. The normalized spacial score (nSPS) is 10.4. The number of nitrogens with zero attached hydrogens (tertiary/aromatic N) is 1. The molecule has 0 saturated heterocycles. The highest BCUT2D eigenvalue weighted by Gasteiger charge is 2.09. The van der Waals surface area contributed by atoms with E-state index in [-0.39, 0.29) is 18.2 Å². The van der Waals surface area contributed by atoms with Crippen LogP contribution in [0.4, 0.5) is 5.69 Å². The minimum Gasteiger partial charge on any atom is -0.352 e. The molecule has 0 fully saturated rings. The number of aromatic nitrogens is 1. The van der Waals surface area contributed by atoms with Crippen molar-refractivity contribution < 1.29 is 9.59 Å². The maximum atomic E-state index is 12.1. The fourth-order valence-electron chi connectivity index (χ4n) is 2.45. The third kappa shape index (κ3) is 5.64. The number of halogens is 1. The van der Waals surface area contributed by atoms with Crippen LogP contribution in [0.25, 0.3) is 10.6 Å². The summed E-state index contributed by atoms with van der Waals surface area (Å²) in [5.74, 6) is -0.188. The number of carbonyl (C=O) groups excluding carboxylic acids is 2. The number of thiazole rings is 1.